The normalized spacial score (nSPS) is 9.96. The number of ether oxygens (including phenoxy) is 1. The SMILES string of the molecule is CCOc1nc(C(=O)NCc2ccc(C)nc2)cc(N)c1C#N. The molecule has 0 aliphatic carbocycles. The van der Waals surface area contributed by atoms with E-state index in [1.165, 1.54) is 6.07 Å². The predicted octanol–water partition coefficient (Wildman–Crippen LogP) is 1.57. The zero-order valence-corrected chi connectivity index (χ0v) is 13.0. The lowest BCUT2D eigenvalue weighted by molar-refractivity contribution is 0.0945. The molecule has 0 atom stereocenters. The number of rotatable bonds is 5. The Kier molecular flexibility index (Phi) is 5.10. The summed E-state index contributed by atoms with van der Waals surface area (Å²) < 4.78 is 5.27. The number of nitriles is 1. The zero-order valence-electron chi connectivity index (χ0n) is 13.0. The highest BCUT2D eigenvalue weighted by Gasteiger charge is 2.16. The van der Waals surface area contributed by atoms with Crippen molar-refractivity contribution in [3.63, 3.8) is 0 Å². The molecule has 0 saturated heterocycles. The Labute approximate surface area is 134 Å². The lowest BCUT2D eigenvalue weighted by Gasteiger charge is -2.10. The van der Waals surface area contributed by atoms with Crippen molar-refractivity contribution in [2.45, 2.75) is 20.4 Å². The lowest BCUT2D eigenvalue weighted by Crippen LogP contribution is -2.24. The first-order chi connectivity index (χ1) is 11.0. The highest BCUT2D eigenvalue weighted by atomic mass is 16.5. The molecule has 23 heavy (non-hydrogen) atoms. The molecule has 118 valence electrons. The summed E-state index contributed by atoms with van der Waals surface area (Å²) in [5.74, 6) is -0.333. The van der Waals surface area contributed by atoms with Crippen LogP contribution < -0.4 is 15.8 Å². The number of hydrogen-bond acceptors (Lipinski definition) is 6. The third-order valence-electron chi connectivity index (χ3n) is 3.07. The van der Waals surface area contributed by atoms with Crippen LogP contribution in [0, 0.1) is 18.3 Å². The zero-order chi connectivity index (χ0) is 16.8. The fourth-order valence-corrected chi connectivity index (χ4v) is 1.89. The molecule has 0 spiro atoms. The van der Waals surface area contributed by atoms with Crippen LogP contribution in [0.15, 0.2) is 24.4 Å². The minimum Gasteiger partial charge on any atom is -0.477 e. The number of nitrogens with zero attached hydrogens (tertiary/aromatic N) is 3. The summed E-state index contributed by atoms with van der Waals surface area (Å²) in [4.78, 5) is 20.4. The summed E-state index contributed by atoms with van der Waals surface area (Å²) in [6, 6.07) is 7.04. The summed E-state index contributed by atoms with van der Waals surface area (Å²) in [6.45, 7) is 4.29. The van der Waals surface area contributed by atoms with Crippen molar-refractivity contribution in [1.29, 1.82) is 5.26 Å². The van der Waals surface area contributed by atoms with Gasteiger partial charge in [-0.15, -0.1) is 0 Å². The summed E-state index contributed by atoms with van der Waals surface area (Å²) in [5.41, 5.74) is 7.96. The number of pyridine rings is 2. The highest BCUT2D eigenvalue weighted by Crippen LogP contribution is 2.22. The maximum Gasteiger partial charge on any atom is 0.270 e. The minimum atomic E-state index is -0.400. The van der Waals surface area contributed by atoms with Crippen molar-refractivity contribution >= 4 is 11.6 Å². The molecule has 2 heterocycles. The van der Waals surface area contributed by atoms with Gasteiger partial charge in [-0.1, -0.05) is 6.07 Å². The highest BCUT2D eigenvalue weighted by molar-refractivity contribution is 5.93. The monoisotopic (exact) mass is 311 g/mol. The Balaban J connectivity index is 2.15. The van der Waals surface area contributed by atoms with Gasteiger partial charge in [-0.2, -0.15) is 5.26 Å². The Morgan fingerprint density at radius 3 is 2.87 bits per heavy atom. The first kappa shape index (κ1) is 16.2. The quantitative estimate of drug-likeness (QED) is 0.866. The van der Waals surface area contributed by atoms with E-state index in [9.17, 15) is 4.79 Å². The van der Waals surface area contributed by atoms with Gasteiger partial charge in [-0.25, -0.2) is 4.98 Å². The molecule has 0 aromatic carbocycles. The number of nitrogens with one attached hydrogen (secondary N) is 1. The molecule has 2 aromatic rings. The molecule has 0 aliphatic heterocycles. The van der Waals surface area contributed by atoms with Crippen molar-refractivity contribution in [3.8, 4) is 11.9 Å². The number of amides is 1. The van der Waals surface area contributed by atoms with Gasteiger partial charge in [-0.3, -0.25) is 9.78 Å². The van der Waals surface area contributed by atoms with Gasteiger partial charge in [0.05, 0.1) is 12.3 Å². The number of carbonyl (C=O) groups excluding carboxylic acids is 1. The smallest absolute Gasteiger partial charge is 0.270 e. The van der Waals surface area contributed by atoms with Gasteiger partial charge in [0, 0.05) is 18.4 Å². The van der Waals surface area contributed by atoms with Gasteiger partial charge in [0.15, 0.2) is 0 Å². The topological polar surface area (TPSA) is 114 Å². The largest absolute Gasteiger partial charge is 0.477 e. The molecule has 3 N–H and O–H groups in total. The van der Waals surface area contributed by atoms with Crippen LogP contribution in [-0.2, 0) is 6.54 Å². The molecule has 0 bridgehead atoms. The van der Waals surface area contributed by atoms with Crippen molar-refractivity contribution in [2.24, 2.45) is 0 Å². The van der Waals surface area contributed by atoms with Crippen LogP contribution in [0.2, 0.25) is 0 Å². The van der Waals surface area contributed by atoms with Crippen molar-refractivity contribution in [2.75, 3.05) is 12.3 Å². The standard InChI is InChI=1S/C16H17N5O2/c1-3-23-16-12(7-17)13(18)6-14(21-16)15(22)20-9-11-5-4-10(2)19-8-11/h4-6,8H,3,9H2,1-2H3,(H2,18,21)(H,20,22). The molecule has 0 fully saturated rings. The maximum absolute atomic E-state index is 12.2. The van der Waals surface area contributed by atoms with Crippen LogP contribution in [-0.4, -0.2) is 22.5 Å². The van der Waals surface area contributed by atoms with E-state index in [0.717, 1.165) is 11.3 Å². The molecule has 0 saturated carbocycles. The number of anilines is 1. The molecule has 2 rings (SSSR count). The van der Waals surface area contributed by atoms with Crippen LogP contribution in [0.3, 0.4) is 0 Å². The molecule has 0 radical (unpaired) electrons. The van der Waals surface area contributed by atoms with Crippen LogP contribution >= 0.6 is 0 Å². The maximum atomic E-state index is 12.2. The second kappa shape index (κ2) is 7.22. The van der Waals surface area contributed by atoms with Crippen LogP contribution in [0.25, 0.3) is 0 Å². The second-order valence-electron chi connectivity index (χ2n) is 4.81. The van der Waals surface area contributed by atoms with Crippen LogP contribution in [0.1, 0.15) is 34.2 Å². The number of nitrogen functional groups attached to an aromatic ring is 1. The fraction of sp³-hybridized carbons (Fsp3) is 0.250. The second-order valence-corrected chi connectivity index (χ2v) is 4.81. The van der Waals surface area contributed by atoms with E-state index in [1.54, 1.807) is 13.1 Å². The van der Waals surface area contributed by atoms with E-state index in [0.29, 0.717) is 13.2 Å². The number of hydrogen-bond donors (Lipinski definition) is 2. The van der Waals surface area contributed by atoms with E-state index >= 15 is 0 Å². The average molecular weight is 311 g/mol. The molecule has 0 unspecified atom stereocenters. The van der Waals surface area contributed by atoms with Crippen LogP contribution in [0.4, 0.5) is 5.69 Å². The number of aryl methyl sites for hydroxylation is 1. The third kappa shape index (κ3) is 3.95. The van der Waals surface area contributed by atoms with Crippen molar-refractivity contribution in [3.05, 3.63) is 46.9 Å². The first-order valence-electron chi connectivity index (χ1n) is 7.08. The number of aromatic nitrogens is 2. The van der Waals surface area contributed by atoms with Gasteiger partial charge in [-0.05, 0) is 31.5 Å². The average Bonchev–Trinajstić information content (AvgIpc) is 2.54. The molecule has 7 heteroatoms. The van der Waals surface area contributed by atoms with Crippen LogP contribution in [0.5, 0.6) is 5.88 Å². The minimum absolute atomic E-state index is 0.0668. The molecule has 7 nitrogen and oxygen atoms in total. The van der Waals surface area contributed by atoms with E-state index in [2.05, 4.69) is 15.3 Å². The molecular weight excluding hydrogens is 294 g/mol. The Morgan fingerprint density at radius 1 is 1.48 bits per heavy atom. The first-order valence-corrected chi connectivity index (χ1v) is 7.08. The summed E-state index contributed by atoms with van der Waals surface area (Å²) in [5, 5.41) is 11.8. The molecule has 1 amide bonds. The van der Waals surface area contributed by atoms with Gasteiger partial charge in [0.1, 0.15) is 17.3 Å². The fourth-order valence-electron chi connectivity index (χ4n) is 1.89. The summed E-state index contributed by atoms with van der Waals surface area (Å²) in [6.07, 6.45) is 1.70. The van der Waals surface area contributed by atoms with E-state index in [4.69, 9.17) is 15.7 Å². The van der Waals surface area contributed by atoms with Gasteiger partial charge in [0.25, 0.3) is 5.91 Å². The molecule has 2 aromatic heterocycles. The lowest BCUT2D eigenvalue weighted by atomic mass is 10.2. The number of carbonyl (C=O) groups is 1. The van der Waals surface area contributed by atoms with Gasteiger partial charge < -0.3 is 15.8 Å². The Bertz CT molecular complexity index is 750. The Hall–Kier alpha value is -3.14. The number of nitrogens with two attached hydrogens (primary N) is 1. The van der Waals surface area contributed by atoms with Crippen molar-refractivity contribution < 1.29 is 9.53 Å². The predicted molar refractivity (Wildman–Crippen MR) is 84.7 cm³/mol. The summed E-state index contributed by atoms with van der Waals surface area (Å²) in [7, 11) is 0. The molecular formula is C16H17N5O2. The third-order valence-corrected chi connectivity index (χ3v) is 3.07. The van der Waals surface area contributed by atoms with E-state index in [-0.39, 0.29) is 22.8 Å². The van der Waals surface area contributed by atoms with E-state index < -0.39 is 5.91 Å². The van der Waals surface area contributed by atoms with Crippen molar-refractivity contribution in [1.82, 2.24) is 15.3 Å². The Morgan fingerprint density at radius 2 is 2.26 bits per heavy atom. The summed E-state index contributed by atoms with van der Waals surface area (Å²) >= 11 is 0. The van der Waals surface area contributed by atoms with Gasteiger partial charge >= 0.3 is 0 Å². The molecule has 0 aliphatic rings. The van der Waals surface area contributed by atoms with E-state index in [1.807, 2.05) is 25.1 Å². The van der Waals surface area contributed by atoms with Gasteiger partial charge in [0.2, 0.25) is 5.88 Å².